The maximum Gasteiger partial charge on any atom is 0.243 e. The summed E-state index contributed by atoms with van der Waals surface area (Å²) in [6.45, 7) is 5.81. The van der Waals surface area contributed by atoms with E-state index in [-0.39, 0.29) is 37.0 Å². The van der Waals surface area contributed by atoms with Crippen LogP contribution in [0.25, 0.3) is 11.1 Å². The van der Waals surface area contributed by atoms with Crippen LogP contribution in [0.2, 0.25) is 0 Å². The summed E-state index contributed by atoms with van der Waals surface area (Å²) >= 11 is 0. The Morgan fingerprint density at radius 2 is 1.59 bits per heavy atom. The van der Waals surface area contributed by atoms with Gasteiger partial charge in [-0.05, 0) is 47.7 Å². The van der Waals surface area contributed by atoms with Gasteiger partial charge in [0.15, 0.2) is 6.29 Å². The number of carbonyl (C=O) groups is 2. The van der Waals surface area contributed by atoms with Crippen molar-refractivity contribution in [3.63, 3.8) is 0 Å². The lowest BCUT2D eigenvalue weighted by Crippen LogP contribution is -2.37. The second-order valence-electron chi connectivity index (χ2n) is 11.9. The van der Waals surface area contributed by atoms with E-state index in [1.165, 1.54) is 0 Å². The molecule has 9 nitrogen and oxygen atoms in total. The number of rotatable bonds is 17. The fourth-order valence-electron chi connectivity index (χ4n) is 5.71. The smallest absolute Gasteiger partial charge is 0.243 e. The molecular formula is C37H47N3O6. The molecule has 2 amide bonds. The normalized spacial score (nSPS) is 17.9. The third-order valence-electron chi connectivity index (χ3n) is 8.24. The molecular weight excluding hydrogens is 582 g/mol. The van der Waals surface area contributed by atoms with Gasteiger partial charge in [-0.25, -0.2) is 5.48 Å². The lowest BCUT2D eigenvalue weighted by molar-refractivity contribution is -0.252. The van der Waals surface area contributed by atoms with E-state index in [9.17, 15) is 14.7 Å². The van der Waals surface area contributed by atoms with E-state index in [4.69, 9.17) is 14.7 Å². The van der Waals surface area contributed by atoms with Gasteiger partial charge in [-0.1, -0.05) is 91.7 Å². The maximum absolute atomic E-state index is 12.5. The van der Waals surface area contributed by atoms with Crippen LogP contribution in [0, 0.1) is 0 Å². The first kappa shape index (κ1) is 35.0. The number of hydroxylamine groups is 1. The van der Waals surface area contributed by atoms with E-state index in [1.54, 1.807) is 5.48 Å². The number of amides is 2. The first-order chi connectivity index (χ1) is 22.4. The van der Waals surface area contributed by atoms with Gasteiger partial charge < -0.3 is 24.8 Å². The van der Waals surface area contributed by atoms with Gasteiger partial charge in [0.25, 0.3) is 0 Å². The van der Waals surface area contributed by atoms with E-state index in [0.717, 1.165) is 72.2 Å². The number of ether oxygens (including phenoxy) is 2. The summed E-state index contributed by atoms with van der Waals surface area (Å²) in [6, 6.07) is 24.2. The summed E-state index contributed by atoms with van der Waals surface area (Å²) in [5.74, 6) is -0.382. The van der Waals surface area contributed by atoms with E-state index in [1.807, 2.05) is 60.7 Å². The molecule has 1 heterocycles. The number of likely N-dealkylation sites (N-methyl/N-ethyl adjacent to an activating group) is 1. The number of aliphatic hydroxyl groups excluding tert-OH is 1. The van der Waals surface area contributed by atoms with Gasteiger partial charge in [0, 0.05) is 44.5 Å². The van der Waals surface area contributed by atoms with Crippen LogP contribution in [0.1, 0.15) is 79.6 Å². The van der Waals surface area contributed by atoms with Crippen LogP contribution >= 0.6 is 0 Å². The minimum absolute atomic E-state index is 0.00121. The van der Waals surface area contributed by atoms with Crippen LogP contribution in [0.5, 0.6) is 0 Å². The van der Waals surface area contributed by atoms with Crippen molar-refractivity contribution in [2.75, 3.05) is 20.1 Å². The molecule has 1 aliphatic heterocycles. The molecule has 9 heteroatoms. The van der Waals surface area contributed by atoms with Gasteiger partial charge in [-0.2, -0.15) is 0 Å². The summed E-state index contributed by atoms with van der Waals surface area (Å²) in [4.78, 5) is 25.8. The summed E-state index contributed by atoms with van der Waals surface area (Å²) in [5, 5.41) is 21.1. The van der Waals surface area contributed by atoms with E-state index >= 15 is 0 Å². The Morgan fingerprint density at radius 3 is 2.26 bits per heavy atom. The number of nitrogens with one attached hydrogen (secondary N) is 2. The molecule has 3 atom stereocenters. The molecule has 0 radical (unpaired) electrons. The fourth-order valence-corrected chi connectivity index (χ4v) is 5.71. The lowest BCUT2D eigenvalue weighted by Gasteiger charge is -2.37. The van der Waals surface area contributed by atoms with Crippen molar-refractivity contribution in [3.05, 3.63) is 108 Å². The van der Waals surface area contributed by atoms with Crippen molar-refractivity contribution in [2.24, 2.45) is 0 Å². The zero-order valence-electron chi connectivity index (χ0n) is 26.7. The Morgan fingerprint density at radius 1 is 0.913 bits per heavy atom. The van der Waals surface area contributed by atoms with Gasteiger partial charge >= 0.3 is 0 Å². The van der Waals surface area contributed by atoms with Crippen LogP contribution in [0.4, 0.5) is 0 Å². The highest BCUT2D eigenvalue weighted by atomic mass is 16.7. The van der Waals surface area contributed by atoms with E-state index < -0.39 is 6.29 Å². The van der Waals surface area contributed by atoms with Crippen LogP contribution in [0.3, 0.4) is 0 Å². The monoisotopic (exact) mass is 629 g/mol. The lowest BCUT2D eigenvalue weighted by atomic mass is 9.97. The number of unbranched alkanes of at least 4 members (excludes halogenated alkanes) is 3. The second-order valence-corrected chi connectivity index (χ2v) is 11.9. The molecule has 0 unspecified atom stereocenters. The Balaban J connectivity index is 1.38. The van der Waals surface area contributed by atoms with Crippen molar-refractivity contribution < 1.29 is 29.4 Å². The molecule has 0 saturated carbocycles. The summed E-state index contributed by atoms with van der Waals surface area (Å²) in [6.07, 6.45) is 5.73. The molecule has 4 rings (SSSR count). The highest BCUT2D eigenvalue weighted by Gasteiger charge is 2.32. The number of carbonyl (C=O) groups excluding carboxylic acids is 2. The van der Waals surface area contributed by atoms with Crippen LogP contribution in [0.15, 0.2) is 85.5 Å². The summed E-state index contributed by atoms with van der Waals surface area (Å²) < 4.78 is 13.0. The fraction of sp³-hybridized carbons (Fsp3) is 0.405. The number of aliphatic hydroxyl groups is 1. The molecule has 1 aliphatic rings. The zero-order chi connectivity index (χ0) is 32.7. The highest BCUT2D eigenvalue weighted by molar-refractivity contribution is 5.76. The Labute approximate surface area is 272 Å². The Bertz CT molecular complexity index is 1390. The van der Waals surface area contributed by atoms with Crippen LogP contribution in [-0.4, -0.2) is 53.3 Å². The number of nitrogens with zero attached hydrogens (tertiary/aromatic N) is 1. The molecule has 246 valence electrons. The van der Waals surface area contributed by atoms with Crippen molar-refractivity contribution in [3.8, 4) is 11.1 Å². The molecule has 0 spiro atoms. The molecule has 0 aliphatic carbocycles. The molecule has 1 saturated heterocycles. The second kappa shape index (κ2) is 18.3. The zero-order valence-corrected chi connectivity index (χ0v) is 26.7. The molecule has 0 aromatic heterocycles. The number of hydrogen-bond donors (Lipinski definition) is 4. The van der Waals surface area contributed by atoms with Gasteiger partial charge in [0.2, 0.25) is 11.8 Å². The van der Waals surface area contributed by atoms with Gasteiger partial charge in [-0.3, -0.25) is 14.8 Å². The van der Waals surface area contributed by atoms with E-state index in [2.05, 4.69) is 42.0 Å². The molecule has 3 aromatic rings. The topological polar surface area (TPSA) is 120 Å². The first-order valence-electron chi connectivity index (χ1n) is 16.1. The van der Waals surface area contributed by atoms with Gasteiger partial charge in [0.05, 0.1) is 18.8 Å². The largest absolute Gasteiger partial charge is 0.392 e. The summed E-state index contributed by atoms with van der Waals surface area (Å²) in [7, 11) is 2.06. The molecule has 4 N–H and O–H groups in total. The van der Waals surface area contributed by atoms with Gasteiger partial charge in [0.1, 0.15) is 0 Å². The van der Waals surface area contributed by atoms with Crippen molar-refractivity contribution in [1.82, 2.24) is 15.7 Å². The number of hydrogen-bond acceptors (Lipinski definition) is 7. The SMILES string of the molecule is C=CCN(C)C[C@H]1C[C@@H](c2ccc(CO)cc2)O[C@@H](c2ccc(-c3ccccc3CNC(=O)CCCCCCC(=O)NO)cc2)O1. The third kappa shape index (κ3) is 10.6. The van der Waals surface area contributed by atoms with Crippen LogP contribution in [-0.2, 0) is 32.2 Å². The average Bonchev–Trinajstić information content (AvgIpc) is 3.09. The standard InChI is InChI=1S/C37H47N3O6/c1-3-22-40(2)25-32-23-34(29-16-14-27(26-41)15-17-29)46-37(45-32)30-20-18-28(19-21-30)33-11-9-8-10-31(33)24-38-35(42)12-6-4-5-7-13-36(43)39-44/h3,8-11,14-21,32,34,37,41,44H,1,4-7,12-13,22-26H2,2H3,(H,38,42)(H,39,43)/t32-,34+,37+/m1/s1. The maximum atomic E-state index is 12.5. The minimum atomic E-state index is -0.534. The van der Waals surface area contributed by atoms with Gasteiger partial charge in [-0.15, -0.1) is 6.58 Å². The van der Waals surface area contributed by atoms with Crippen molar-refractivity contribution in [2.45, 2.75) is 76.6 Å². The number of benzene rings is 3. The average molecular weight is 630 g/mol. The molecule has 46 heavy (non-hydrogen) atoms. The minimum Gasteiger partial charge on any atom is -0.392 e. The van der Waals surface area contributed by atoms with Crippen molar-refractivity contribution >= 4 is 11.8 Å². The third-order valence-corrected chi connectivity index (χ3v) is 8.24. The van der Waals surface area contributed by atoms with Crippen molar-refractivity contribution in [1.29, 1.82) is 0 Å². The highest BCUT2D eigenvalue weighted by Crippen LogP contribution is 2.38. The molecule has 0 bridgehead atoms. The first-order valence-corrected chi connectivity index (χ1v) is 16.1. The van der Waals surface area contributed by atoms with Crippen LogP contribution < -0.4 is 10.8 Å². The molecule has 1 fully saturated rings. The predicted octanol–water partition coefficient (Wildman–Crippen LogP) is 5.97. The van der Waals surface area contributed by atoms with E-state index in [0.29, 0.717) is 19.4 Å². The quantitative estimate of drug-likeness (QED) is 0.0629. The Hall–Kier alpha value is -3.86. The Kier molecular flexibility index (Phi) is 13.9. The summed E-state index contributed by atoms with van der Waals surface area (Å²) in [5.41, 5.74) is 7.60. The predicted molar refractivity (Wildman–Crippen MR) is 177 cm³/mol. The molecule has 3 aromatic carbocycles.